The van der Waals surface area contributed by atoms with Gasteiger partial charge in [0.2, 0.25) is 11.1 Å². The second-order valence-corrected chi connectivity index (χ2v) is 7.52. The van der Waals surface area contributed by atoms with Crippen molar-refractivity contribution in [3.63, 3.8) is 0 Å². The minimum atomic E-state index is 0.0804. The zero-order chi connectivity index (χ0) is 16.2. The van der Waals surface area contributed by atoms with Crippen molar-refractivity contribution in [1.82, 2.24) is 25.1 Å². The predicted molar refractivity (Wildman–Crippen MR) is 88.6 cm³/mol. The third-order valence-electron chi connectivity index (χ3n) is 3.48. The average Bonchev–Trinajstić information content (AvgIpc) is 3.16. The van der Waals surface area contributed by atoms with Gasteiger partial charge in [-0.15, -0.1) is 16.4 Å². The first-order chi connectivity index (χ1) is 11.1. The Balaban J connectivity index is 1.56. The van der Waals surface area contributed by atoms with Crippen molar-refractivity contribution in [2.24, 2.45) is 0 Å². The van der Waals surface area contributed by atoms with E-state index in [-0.39, 0.29) is 18.1 Å². The molecule has 2 aromatic rings. The maximum Gasteiger partial charge on any atom is 0.233 e. The molecular weight excluding hydrogens is 334 g/mol. The summed E-state index contributed by atoms with van der Waals surface area (Å²) in [6.45, 7) is 5.90. The smallest absolute Gasteiger partial charge is 0.233 e. The summed E-state index contributed by atoms with van der Waals surface area (Å²) >= 11 is 3.04. The van der Waals surface area contributed by atoms with Crippen molar-refractivity contribution >= 4 is 29.0 Å². The first kappa shape index (κ1) is 16.4. The Morgan fingerprint density at radius 3 is 2.91 bits per heavy atom. The molecule has 1 amide bonds. The van der Waals surface area contributed by atoms with Gasteiger partial charge in [-0.3, -0.25) is 4.79 Å². The minimum absolute atomic E-state index is 0.0804. The fourth-order valence-corrected chi connectivity index (χ4v) is 4.01. The zero-order valence-corrected chi connectivity index (χ0v) is 14.7. The number of thioether (sulfide) groups is 1. The zero-order valence-electron chi connectivity index (χ0n) is 13.1. The lowest BCUT2D eigenvalue weighted by Crippen LogP contribution is -2.48. The van der Waals surface area contributed by atoms with E-state index in [1.165, 1.54) is 16.6 Å². The maximum atomic E-state index is 12.4. The van der Waals surface area contributed by atoms with Gasteiger partial charge in [-0.1, -0.05) is 17.8 Å². The number of thiophene rings is 1. The van der Waals surface area contributed by atoms with Gasteiger partial charge >= 0.3 is 0 Å². The molecule has 2 unspecified atom stereocenters. The number of ether oxygens (including phenoxy) is 1. The van der Waals surface area contributed by atoms with Gasteiger partial charge in [-0.05, 0) is 35.7 Å². The lowest BCUT2D eigenvalue weighted by molar-refractivity contribution is -0.140. The quantitative estimate of drug-likeness (QED) is 0.759. The van der Waals surface area contributed by atoms with Crippen LogP contribution >= 0.6 is 23.1 Å². The first-order valence-corrected chi connectivity index (χ1v) is 9.33. The number of aromatic nitrogens is 4. The van der Waals surface area contributed by atoms with Crippen LogP contribution in [0, 0.1) is 0 Å². The molecule has 1 aliphatic rings. The highest BCUT2D eigenvalue weighted by Gasteiger charge is 2.26. The Bertz CT molecular complexity index is 635. The van der Waals surface area contributed by atoms with E-state index in [1.54, 1.807) is 16.0 Å². The Morgan fingerprint density at radius 1 is 1.43 bits per heavy atom. The molecule has 0 saturated carbocycles. The molecule has 0 bridgehead atoms. The lowest BCUT2D eigenvalue weighted by atomic mass is 10.2. The molecule has 2 aromatic heterocycles. The van der Waals surface area contributed by atoms with E-state index in [2.05, 4.69) is 15.5 Å². The van der Waals surface area contributed by atoms with Gasteiger partial charge in [-0.25, -0.2) is 4.68 Å². The third kappa shape index (κ3) is 4.30. The molecular formula is C14H19N5O2S2. The molecule has 0 spiro atoms. The van der Waals surface area contributed by atoms with Crippen LogP contribution in [0.15, 0.2) is 22.7 Å². The summed E-state index contributed by atoms with van der Waals surface area (Å²) in [6.07, 6.45) is 0.161. The van der Waals surface area contributed by atoms with E-state index in [1.807, 2.05) is 36.3 Å². The number of nitrogens with zero attached hydrogens (tertiary/aromatic N) is 5. The van der Waals surface area contributed by atoms with Crippen molar-refractivity contribution in [2.45, 2.75) is 37.8 Å². The molecule has 124 valence electrons. The molecule has 0 aromatic carbocycles. The molecule has 9 heteroatoms. The molecule has 3 heterocycles. The molecule has 0 radical (unpaired) electrons. The summed E-state index contributed by atoms with van der Waals surface area (Å²) in [5.74, 6) is 0.437. The van der Waals surface area contributed by atoms with Crippen molar-refractivity contribution in [3.8, 4) is 0 Å². The second kappa shape index (κ2) is 7.41. The number of carbonyl (C=O) groups excluding carboxylic acids is 1. The monoisotopic (exact) mass is 353 g/mol. The van der Waals surface area contributed by atoms with Crippen LogP contribution in [0.5, 0.6) is 0 Å². The number of hydrogen-bond acceptors (Lipinski definition) is 7. The Morgan fingerprint density at radius 2 is 2.22 bits per heavy atom. The molecule has 1 aliphatic heterocycles. The van der Waals surface area contributed by atoms with Gasteiger partial charge in [0.05, 0.1) is 24.5 Å². The molecule has 2 atom stereocenters. The molecule has 7 nitrogen and oxygen atoms in total. The molecule has 1 fully saturated rings. The van der Waals surface area contributed by atoms with Crippen LogP contribution in [-0.2, 0) is 16.1 Å². The van der Waals surface area contributed by atoms with Crippen LogP contribution in [0.4, 0.5) is 0 Å². The molecule has 23 heavy (non-hydrogen) atoms. The van der Waals surface area contributed by atoms with Crippen LogP contribution in [0.3, 0.4) is 0 Å². The van der Waals surface area contributed by atoms with Gasteiger partial charge in [0, 0.05) is 18.0 Å². The van der Waals surface area contributed by atoms with Crippen molar-refractivity contribution in [3.05, 3.63) is 22.4 Å². The average molecular weight is 353 g/mol. The Kier molecular flexibility index (Phi) is 5.29. The maximum absolute atomic E-state index is 12.4. The Labute approximate surface area is 143 Å². The molecule has 3 rings (SSSR count). The van der Waals surface area contributed by atoms with E-state index < -0.39 is 0 Å². The number of carbonyl (C=O) groups is 1. The van der Waals surface area contributed by atoms with Crippen LogP contribution in [-0.4, -0.2) is 62.1 Å². The van der Waals surface area contributed by atoms with Gasteiger partial charge in [0.15, 0.2) is 0 Å². The van der Waals surface area contributed by atoms with Gasteiger partial charge in [0.1, 0.15) is 0 Å². The summed E-state index contributed by atoms with van der Waals surface area (Å²) in [7, 11) is 0. The van der Waals surface area contributed by atoms with Crippen LogP contribution in [0.1, 0.15) is 18.7 Å². The predicted octanol–water partition coefficient (Wildman–Crippen LogP) is 1.51. The van der Waals surface area contributed by atoms with Crippen molar-refractivity contribution in [1.29, 1.82) is 0 Å². The minimum Gasteiger partial charge on any atom is -0.372 e. The molecule has 0 N–H and O–H groups in total. The van der Waals surface area contributed by atoms with E-state index in [9.17, 15) is 4.79 Å². The Hall–Kier alpha value is -1.45. The number of tetrazole rings is 1. The number of morpholine rings is 1. The van der Waals surface area contributed by atoms with E-state index in [0.717, 1.165) is 0 Å². The van der Waals surface area contributed by atoms with Crippen LogP contribution < -0.4 is 0 Å². The van der Waals surface area contributed by atoms with Crippen LogP contribution in [0.2, 0.25) is 0 Å². The summed E-state index contributed by atoms with van der Waals surface area (Å²) in [6, 6.07) is 4.05. The number of hydrogen-bond donors (Lipinski definition) is 0. The highest BCUT2D eigenvalue weighted by Crippen LogP contribution is 2.19. The van der Waals surface area contributed by atoms with E-state index in [0.29, 0.717) is 30.5 Å². The number of rotatable bonds is 5. The second-order valence-electron chi connectivity index (χ2n) is 5.54. The number of amides is 1. The SMILES string of the molecule is CC1CN(C(=O)CSc2nnnn2Cc2cccs2)CC(C)O1. The van der Waals surface area contributed by atoms with Crippen molar-refractivity contribution < 1.29 is 9.53 Å². The van der Waals surface area contributed by atoms with Gasteiger partial charge < -0.3 is 9.64 Å². The van der Waals surface area contributed by atoms with Crippen molar-refractivity contribution in [2.75, 3.05) is 18.8 Å². The largest absolute Gasteiger partial charge is 0.372 e. The standard InChI is InChI=1S/C14H19N5O2S2/c1-10-6-18(7-11(2)21-10)13(20)9-23-14-15-16-17-19(14)8-12-4-3-5-22-12/h3-5,10-11H,6-9H2,1-2H3. The van der Waals surface area contributed by atoms with Gasteiger partial charge in [0.25, 0.3) is 0 Å². The highest BCUT2D eigenvalue weighted by molar-refractivity contribution is 7.99. The molecule has 0 aliphatic carbocycles. The fraction of sp³-hybridized carbons (Fsp3) is 0.571. The summed E-state index contributed by atoms with van der Waals surface area (Å²) in [5, 5.41) is 14.4. The summed E-state index contributed by atoms with van der Waals surface area (Å²) in [4.78, 5) is 15.4. The normalized spacial score (nSPS) is 21.6. The molecule has 1 saturated heterocycles. The summed E-state index contributed by atoms with van der Waals surface area (Å²) in [5.41, 5.74) is 0. The third-order valence-corrected chi connectivity index (χ3v) is 5.28. The topological polar surface area (TPSA) is 73.1 Å². The summed E-state index contributed by atoms with van der Waals surface area (Å²) < 4.78 is 7.39. The van der Waals surface area contributed by atoms with E-state index in [4.69, 9.17) is 4.74 Å². The first-order valence-electron chi connectivity index (χ1n) is 7.46. The fourth-order valence-electron chi connectivity index (χ4n) is 2.55. The van der Waals surface area contributed by atoms with Gasteiger partial charge in [-0.2, -0.15) is 0 Å². The lowest BCUT2D eigenvalue weighted by Gasteiger charge is -2.35. The van der Waals surface area contributed by atoms with E-state index >= 15 is 0 Å². The highest BCUT2D eigenvalue weighted by atomic mass is 32.2. The van der Waals surface area contributed by atoms with Crippen LogP contribution in [0.25, 0.3) is 0 Å².